The number of carbonyl (C=O) groups is 1. The lowest BCUT2D eigenvalue weighted by molar-refractivity contribution is 0.0535. The van der Waals surface area contributed by atoms with Crippen molar-refractivity contribution in [2.75, 3.05) is 26.2 Å². The first kappa shape index (κ1) is 18.8. The molecule has 0 saturated carbocycles. The molecule has 1 N–H and O–H groups in total. The molecular formula is C20H31N2O2+. The lowest BCUT2D eigenvalue weighted by Gasteiger charge is -2.12. The molecule has 2 saturated heterocycles. The van der Waals surface area contributed by atoms with E-state index >= 15 is 0 Å². The Bertz CT molecular complexity index is 559. The van der Waals surface area contributed by atoms with Crippen molar-refractivity contribution in [3.8, 4) is 0 Å². The van der Waals surface area contributed by atoms with E-state index in [1.807, 2.05) is 26.0 Å². The van der Waals surface area contributed by atoms with Gasteiger partial charge in [0, 0.05) is 24.7 Å². The maximum atomic E-state index is 11.1. The zero-order valence-electron chi connectivity index (χ0n) is 15.5. The standard InChI is InChI=1S/C10H10O2.C8H16N2.C2H5/c1-6-3-4-8-9(7(6)2)5-12-10(8)11;1-2-10-5-7-3-4-9-8(7)6-10;1-2/h3-4H,5H2,1-2H3;7-9H,2-6H2,1H3;1H2,2H3/q;;+1. The van der Waals surface area contributed by atoms with Crippen LogP contribution in [0, 0.1) is 26.7 Å². The summed E-state index contributed by atoms with van der Waals surface area (Å²) in [5, 5.41) is 3.54. The second-order valence-corrected chi connectivity index (χ2v) is 6.57. The third-order valence-corrected chi connectivity index (χ3v) is 5.32. The number of nitrogens with zero attached hydrogens (tertiary/aromatic N) is 1. The molecule has 0 bridgehead atoms. The van der Waals surface area contributed by atoms with Gasteiger partial charge in [-0.25, -0.2) is 4.79 Å². The number of benzene rings is 1. The Hall–Kier alpha value is -1.52. The number of likely N-dealkylation sites (tertiary alicyclic amines) is 1. The molecule has 2 atom stereocenters. The Labute approximate surface area is 146 Å². The summed E-state index contributed by atoms with van der Waals surface area (Å²) in [5.74, 6) is 0.785. The Morgan fingerprint density at radius 1 is 1.29 bits per heavy atom. The highest BCUT2D eigenvalue weighted by Crippen LogP contribution is 2.25. The fraction of sp³-hybridized carbons (Fsp3) is 0.600. The van der Waals surface area contributed by atoms with Crippen LogP contribution in [0.3, 0.4) is 0 Å². The number of cyclic esters (lactones) is 1. The maximum Gasteiger partial charge on any atom is 0.338 e. The average molecular weight is 331 g/mol. The van der Waals surface area contributed by atoms with Gasteiger partial charge >= 0.3 is 5.97 Å². The summed E-state index contributed by atoms with van der Waals surface area (Å²) < 4.78 is 4.92. The first-order chi connectivity index (χ1) is 11.6. The van der Waals surface area contributed by atoms with Gasteiger partial charge in [0.15, 0.2) is 0 Å². The third kappa shape index (κ3) is 3.93. The maximum absolute atomic E-state index is 11.1. The van der Waals surface area contributed by atoms with E-state index in [0.29, 0.717) is 6.61 Å². The van der Waals surface area contributed by atoms with Gasteiger partial charge in [-0.15, -0.1) is 0 Å². The Morgan fingerprint density at radius 2 is 2.04 bits per heavy atom. The smallest absolute Gasteiger partial charge is 0.338 e. The van der Waals surface area contributed by atoms with Crippen LogP contribution in [0.5, 0.6) is 0 Å². The van der Waals surface area contributed by atoms with Crippen LogP contribution < -0.4 is 5.32 Å². The minimum Gasteiger partial charge on any atom is -0.457 e. The number of fused-ring (bicyclic) bond motifs is 2. The highest BCUT2D eigenvalue weighted by Gasteiger charge is 2.34. The monoisotopic (exact) mass is 331 g/mol. The molecule has 1 aromatic carbocycles. The molecule has 1 aromatic rings. The van der Waals surface area contributed by atoms with Crippen molar-refractivity contribution in [3.05, 3.63) is 41.3 Å². The molecule has 2 fully saturated rings. The lowest BCUT2D eigenvalue weighted by Crippen LogP contribution is -2.29. The van der Waals surface area contributed by atoms with E-state index in [1.165, 1.54) is 43.7 Å². The molecule has 0 aromatic heterocycles. The van der Waals surface area contributed by atoms with Crippen molar-refractivity contribution >= 4 is 5.97 Å². The van der Waals surface area contributed by atoms with Gasteiger partial charge in [0.2, 0.25) is 0 Å². The normalized spacial score (nSPS) is 24.2. The molecule has 3 aliphatic heterocycles. The number of esters is 1. The SMILES string of the molecule is CCN1CC2CCNC2C1.Cc1ccc2c(c1C)COC2=O.[CH2+]C. The summed E-state index contributed by atoms with van der Waals surface area (Å²) >= 11 is 0. The van der Waals surface area contributed by atoms with Crippen LogP contribution in [0.25, 0.3) is 0 Å². The van der Waals surface area contributed by atoms with Crippen LogP contribution in [0.2, 0.25) is 0 Å². The van der Waals surface area contributed by atoms with Crippen LogP contribution in [0.4, 0.5) is 0 Å². The van der Waals surface area contributed by atoms with Crippen molar-refractivity contribution in [2.24, 2.45) is 5.92 Å². The Balaban J connectivity index is 0.000000160. The van der Waals surface area contributed by atoms with E-state index in [-0.39, 0.29) is 5.97 Å². The van der Waals surface area contributed by atoms with Gasteiger partial charge in [-0.05, 0) is 56.5 Å². The molecule has 4 heteroatoms. The summed E-state index contributed by atoms with van der Waals surface area (Å²) in [6.45, 7) is 16.9. The van der Waals surface area contributed by atoms with Crippen LogP contribution in [-0.2, 0) is 11.3 Å². The minimum atomic E-state index is -0.187. The van der Waals surface area contributed by atoms with Gasteiger partial charge < -0.3 is 15.0 Å². The molecule has 0 amide bonds. The van der Waals surface area contributed by atoms with E-state index in [4.69, 9.17) is 4.74 Å². The largest absolute Gasteiger partial charge is 0.457 e. The van der Waals surface area contributed by atoms with Gasteiger partial charge in [0.25, 0.3) is 0 Å². The summed E-state index contributed by atoms with van der Waals surface area (Å²) in [6.07, 6.45) is 1.40. The number of carbonyl (C=O) groups excluding carboxylic acids is 1. The fourth-order valence-electron chi connectivity index (χ4n) is 3.66. The average Bonchev–Trinajstić information content (AvgIpc) is 3.28. The predicted octanol–water partition coefficient (Wildman–Crippen LogP) is 3.11. The quantitative estimate of drug-likeness (QED) is 0.634. The van der Waals surface area contributed by atoms with Gasteiger partial charge in [0.05, 0.1) is 19.4 Å². The highest BCUT2D eigenvalue weighted by molar-refractivity contribution is 5.93. The van der Waals surface area contributed by atoms with Gasteiger partial charge in [-0.3, -0.25) is 0 Å². The van der Waals surface area contributed by atoms with Crippen LogP contribution in [0.15, 0.2) is 12.1 Å². The highest BCUT2D eigenvalue weighted by atomic mass is 16.5. The van der Waals surface area contributed by atoms with E-state index in [9.17, 15) is 4.79 Å². The molecule has 4 rings (SSSR count). The van der Waals surface area contributed by atoms with Gasteiger partial charge in [-0.2, -0.15) is 0 Å². The predicted molar refractivity (Wildman–Crippen MR) is 98.1 cm³/mol. The van der Waals surface area contributed by atoms with E-state index in [0.717, 1.165) is 23.1 Å². The second kappa shape index (κ2) is 8.54. The van der Waals surface area contributed by atoms with Crippen LogP contribution >= 0.6 is 0 Å². The molecule has 0 radical (unpaired) electrons. The number of hydrogen-bond donors (Lipinski definition) is 1. The number of aryl methyl sites for hydroxylation is 1. The van der Waals surface area contributed by atoms with Crippen molar-refractivity contribution in [1.82, 2.24) is 10.2 Å². The summed E-state index contributed by atoms with van der Waals surface area (Å²) in [7, 11) is 0. The Kier molecular flexibility index (Phi) is 6.69. The fourth-order valence-corrected chi connectivity index (χ4v) is 3.66. The number of hydrogen-bond acceptors (Lipinski definition) is 4. The first-order valence-corrected chi connectivity index (χ1v) is 9.02. The topological polar surface area (TPSA) is 41.6 Å². The van der Waals surface area contributed by atoms with E-state index < -0.39 is 0 Å². The molecule has 0 aliphatic carbocycles. The summed E-state index contributed by atoms with van der Waals surface area (Å²) in [6, 6.07) is 4.63. The Morgan fingerprint density at radius 3 is 2.71 bits per heavy atom. The van der Waals surface area contributed by atoms with E-state index in [2.05, 4.69) is 24.1 Å². The zero-order valence-corrected chi connectivity index (χ0v) is 15.5. The lowest BCUT2D eigenvalue weighted by atomic mass is 10.00. The first-order valence-electron chi connectivity index (χ1n) is 9.02. The molecular weight excluding hydrogens is 300 g/mol. The van der Waals surface area contributed by atoms with Crippen LogP contribution in [0.1, 0.15) is 47.3 Å². The van der Waals surface area contributed by atoms with Crippen molar-refractivity contribution in [1.29, 1.82) is 0 Å². The molecule has 132 valence electrons. The zero-order chi connectivity index (χ0) is 17.7. The minimum absolute atomic E-state index is 0.187. The van der Waals surface area contributed by atoms with Gasteiger partial charge in [0.1, 0.15) is 6.61 Å². The number of rotatable bonds is 1. The van der Waals surface area contributed by atoms with Crippen molar-refractivity contribution in [3.63, 3.8) is 0 Å². The van der Waals surface area contributed by atoms with E-state index in [1.54, 1.807) is 6.92 Å². The molecule has 3 heterocycles. The molecule has 0 spiro atoms. The number of likely N-dealkylation sites (N-methyl/N-ethyl adjacent to an activating group) is 1. The number of nitrogens with one attached hydrogen (secondary N) is 1. The number of ether oxygens (including phenoxy) is 1. The molecule has 3 aliphatic rings. The summed E-state index contributed by atoms with van der Waals surface area (Å²) in [5.41, 5.74) is 4.18. The second-order valence-electron chi connectivity index (χ2n) is 6.57. The summed E-state index contributed by atoms with van der Waals surface area (Å²) in [4.78, 5) is 13.6. The molecule has 2 unspecified atom stereocenters. The van der Waals surface area contributed by atoms with Crippen LogP contribution in [-0.4, -0.2) is 43.1 Å². The molecule has 24 heavy (non-hydrogen) atoms. The third-order valence-electron chi connectivity index (χ3n) is 5.32. The van der Waals surface area contributed by atoms with Gasteiger partial charge in [-0.1, -0.05) is 13.0 Å². The van der Waals surface area contributed by atoms with Crippen molar-refractivity contribution in [2.45, 2.75) is 46.8 Å². The van der Waals surface area contributed by atoms with Crippen molar-refractivity contribution < 1.29 is 9.53 Å². The molecule has 4 nitrogen and oxygen atoms in total.